The molecule has 2 unspecified atom stereocenters. The van der Waals surface area contributed by atoms with Crippen LogP contribution < -0.4 is 5.32 Å². The van der Waals surface area contributed by atoms with Gasteiger partial charge in [0.15, 0.2) is 0 Å². The van der Waals surface area contributed by atoms with Gasteiger partial charge < -0.3 is 20.1 Å². The number of hydrogen-bond donors (Lipinski definition) is 2. The number of hydrogen-bond acceptors (Lipinski definition) is 4. The van der Waals surface area contributed by atoms with E-state index in [-0.39, 0.29) is 6.61 Å². The second-order valence-electron chi connectivity index (χ2n) is 5.28. The molecule has 1 aliphatic rings. The Bertz CT molecular complexity index is 202. The normalized spacial score (nSPS) is 23.2. The second-order valence-corrected chi connectivity index (χ2v) is 5.28. The molecule has 0 aromatic heterocycles. The van der Waals surface area contributed by atoms with E-state index < -0.39 is 0 Å². The third-order valence-corrected chi connectivity index (χ3v) is 3.75. The first-order valence-corrected chi connectivity index (χ1v) is 7.42. The van der Waals surface area contributed by atoms with Crippen molar-refractivity contribution < 1.29 is 9.84 Å². The minimum Gasteiger partial charge on any atom is -0.394 e. The van der Waals surface area contributed by atoms with Gasteiger partial charge in [0.05, 0.1) is 19.8 Å². The van der Waals surface area contributed by atoms with Gasteiger partial charge in [-0.05, 0) is 45.2 Å². The molecule has 2 N–H and O–H groups in total. The molecular formula is C14H30N2O2. The lowest BCUT2D eigenvalue weighted by atomic mass is 9.91. The Morgan fingerprint density at radius 3 is 3.00 bits per heavy atom. The lowest BCUT2D eigenvalue weighted by molar-refractivity contribution is 0.0593. The Morgan fingerprint density at radius 1 is 1.44 bits per heavy atom. The Hall–Kier alpha value is -0.160. The molecule has 18 heavy (non-hydrogen) atoms. The van der Waals surface area contributed by atoms with Gasteiger partial charge in [0.25, 0.3) is 0 Å². The van der Waals surface area contributed by atoms with E-state index in [1.807, 2.05) is 0 Å². The zero-order valence-corrected chi connectivity index (χ0v) is 12.0. The summed E-state index contributed by atoms with van der Waals surface area (Å²) in [6, 6.07) is 0.617. The van der Waals surface area contributed by atoms with Crippen LogP contribution in [-0.2, 0) is 4.74 Å². The van der Waals surface area contributed by atoms with Crippen LogP contribution in [-0.4, -0.2) is 62.0 Å². The monoisotopic (exact) mass is 258 g/mol. The van der Waals surface area contributed by atoms with E-state index in [1.54, 1.807) is 0 Å². The lowest BCUT2D eigenvalue weighted by Gasteiger charge is -2.36. The Balaban J connectivity index is 2.18. The molecular weight excluding hydrogens is 228 g/mol. The number of ether oxygens (including phenoxy) is 1. The van der Waals surface area contributed by atoms with Crippen molar-refractivity contribution in [2.24, 2.45) is 5.92 Å². The Kier molecular flexibility index (Phi) is 8.59. The van der Waals surface area contributed by atoms with Gasteiger partial charge in [0, 0.05) is 19.1 Å². The van der Waals surface area contributed by atoms with Gasteiger partial charge in [-0.1, -0.05) is 6.92 Å². The second kappa shape index (κ2) is 9.73. The fourth-order valence-corrected chi connectivity index (χ4v) is 2.60. The highest BCUT2D eigenvalue weighted by Crippen LogP contribution is 2.19. The molecule has 4 nitrogen and oxygen atoms in total. The van der Waals surface area contributed by atoms with E-state index in [4.69, 9.17) is 9.84 Å². The molecule has 0 bridgehead atoms. The van der Waals surface area contributed by atoms with Crippen LogP contribution in [0.25, 0.3) is 0 Å². The average Bonchev–Trinajstić information content (AvgIpc) is 2.41. The molecule has 0 amide bonds. The number of aliphatic hydroxyl groups is 1. The highest BCUT2D eigenvalue weighted by Gasteiger charge is 2.23. The lowest BCUT2D eigenvalue weighted by Crippen LogP contribution is -2.45. The van der Waals surface area contributed by atoms with Crippen LogP contribution in [0, 0.1) is 5.92 Å². The molecule has 0 aliphatic carbocycles. The SMILES string of the molecule is CCCNC(C)C1CCCN(CCOCCO)C1. The smallest absolute Gasteiger partial charge is 0.0698 e. The van der Waals surface area contributed by atoms with Gasteiger partial charge in [0.2, 0.25) is 0 Å². The first-order chi connectivity index (χ1) is 8.77. The summed E-state index contributed by atoms with van der Waals surface area (Å²) in [6.45, 7) is 10.3. The third kappa shape index (κ3) is 6.14. The van der Waals surface area contributed by atoms with Crippen LogP contribution in [0.5, 0.6) is 0 Å². The van der Waals surface area contributed by atoms with Crippen LogP contribution in [0.4, 0.5) is 0 Å². The molecule has 0 aromatic carbocycles. The summed E-state index contributed by atoms with van der Waals surface area (Å²) in [5.41, 5.74) is 0. The first kappa shape index (κ1) is 15.9. The quantitative estimate of drug-likeness (QED) is 0.608. The third-order valence-electron chi connectivity index (χ3n) is 3.75. The maximum absolute atomic E-state index is 8.65. The molecule has 0 spiro atoms. The average molecular weight is 258 g/mol. The molecule has 1 fully saturated rings. The van der Waals surface area contributed by atoms with Crippen molar-refractivity contribution in [2.45, 2.75) is 39.2 Å². The van der Waals surface area contributed by atoms with E-state index in [0.29, 0.717) is 12.6 Å². The first-order valence-electron chi connectivity index (χ1n) is 7.42. The predicted molar refractivity (Wildman–Crippen MR) is 74.8 cm³/mol. The van der Waals surface area contributed by atoms with Crippen LogP contribution in [0.2, 0.25) is 0 Å². The van der Waals surface area contributed by atoms with E-state index in [0.717, 1.165) is 25.6 Å². The maximum atomic E-state index is 8.65. The fourth-order valence-electron chi connectivity index (χ4n) is 2.60. The van der Waals surface area contributed by atoms with E-state index in [1.165, 1.54) is 32.4 Å². The summed E-state index contributed by atoms with van der Waals surface area (Å²) in [5.74, 6) is 0.767. The van der Waals surface area contributed by atoms with E-state index in [9.17, 15) is 0 Å². The summed E-state index contributed by atoms with van der Waals surface area (Å²) in [6.07, 6.45) is 3.84. The summed E-state index contributed by atoms with van der Waals surface area (Å²) in [7, 11) is 0. The zero-order chi connectivity index (χ0) is 13.2. The largest absolute Gasteiger partial charge is 0.394 e. The standard InChI is InChI=1S/C14H30N2O2/c1-3-6-15-13(2)14-5-4-7-16(12-14)8-10-18-11-9-17/h13-15,17H,3-12H2,1-2H3. The highest BCUT2D eigenvalue weighted by atomic mass is 16.5. The zero-order valence-electron chi connectivity index (χ0n) is 12.0. The van der Waals surface area contributed by atoms with Crippen molar-refractivity contribution in [3.05, 3.63) is 0 Å². The minimum absolute atomic E-state index is 0.126. The highest BCUT2D eigenvalue weighted by molar-refractivity contribution is 4.80. The van der Waals surface area contributed by atoms with Gasteiger partial charge in [-0.3, -0.25) is 0 Å². The number of nitrogens with one attached hydrogen (secondary N) is 1. The number of rotatable bonds is 9. The Morgan fingerprint density at radius 2 is 2.28 bits per heavy atom. The van der Waals surface area contributed by atoms with Crippen molar-refractivity contribution in [1.82, 2.24) is 10.2 Å². The number of nitrogens with zero attached hydrogens (tertiary/aromatic N) is 1. The van der Waals surface area contributed by atoms with Crippen molar-refractivity contribution in [3.8, 4) is 0 Å². The van der Waals surface area contributed by atoms with Crippen LogP contribution in [0.1, 0.15) is 33.1 Å². The minimum atomic E-state index is 0.126. The molecule has 1 heterocycles. The summed E-state index contributed by atoms with van der Waals surface area (Å²) in [5, 5.41) is 12.3. The molecule has 1 rings (SSSR count). The summed E-state index contributed by atoms with van der Waals surface area (Å²) in [4.78, 5) is 2.50. The molecule has 0 aromatic rings. The van der Waals surface area contributed by atoms with Gasteiger partial charge >= 0.3 is 0 Å². The Labute approximate surface area is 112 Å². The van der Waals surface area contributed by atoms with Crippen LogP contribution in [0.15, 0.2) is 0 Å². The van der Waals surface area contributed by atoms with Crippen molar-refractivity contribution >= 4 is 0 Å². The van der Waals surface area contributed by atoms with Crippen molar-refractivity contribution in [3.63, 3.8) is 0 Å². The summed E-state index contributed by atoms with van der Waals surface area (Å²) < 4.78 is 5.34. The molecule has 0 radical (unpaired) electrons. The number of piperidine rings is 1. The molecule has 0 saturated carbocycles. The van der Waals surface area contributed by atoms with Crippen LogP contribution in [0.3, 0.4) is 0 Å². The summed E-state index contributed by atoms with van der Waals surface area (Å²) >= 11 is 0. The predicted octanol–water partition coefficient (Wildman–Crippen LogP) is 1.10. The van der Waals surface area contributed by atoms with Crippen molar-refractivity contribution in [2.75, 3.05) is 46.0 Å². The number of likely N-dealkylation sites (tertiary alicyclic amines) is 1. The van der Waals surface area contributed by atoms with E-state index >= 15 is 0 Å². The molecule has 2 atom stereocenters. The van der Waals surface area contributed by atoms with Crippen molar-refractivity contribution in [1.29, 1.82) is 0 Å². The molecule has 4 heteroatoms. The van der Waals surface area contributed by atoms with Gasteiger partial charge in [-0.25, -0.2) is 0 Å². The van der Waals surface area contributed by atoms with E-state index in [2.05, 4.69) is 24.1 Å². The van der Waals surface area contributed by atoms with Crippen LogP contribution >= 0.6 is 0 Å². The fraction of sp³-hybridized carbons (Fsp3) is 1.00. The van der Waals surface area contributed by atoms with Gasteiger partial charge in [-0.2, -0.15) is 0 Å². The molecule has 108 valence electrons. The maximum Gasteiger partial charge on any atom is 0.0698 e. The molecule has 1 aliphatic heterocycles. The van der Waals surface area contributed by atoms with Gasteiger partial charge in [-0.15, -0.1) is 0 Å². The number of aliphatic hydroxyl groups excluding tert-OH is 1. The van der Waals surface area contributed by atoms with Gasteiger partial charge in [0.1, 0.15) is 0 Å². The topological polar surface area (TPSA) is 44.7 Å². The molecule has 1 saturated heterocycles.